The molecule has 0 spiro atoms. The van der Waals surface area contributed by atoms with Crippen molar-refractivity contribution in [2.45, 2.75) is 65.2 Å². The largest absolute Gasteiger partial charge is 0.468 e. The van der Waals surface area contributed by atoms with Crippen LogP contribution in [0.3, 0.4) is 0 Å². The summed E-state index contributed by atoms with van der Waals surface area (Å²) in [6.07, 6.45) is 0.505. The van der Waals surface area contributed by atoms with E-state index in [0.29, 0.717) is 26.2 Å². The fourth-order valence-electron chi connectivity index (χ4n) is 2.07. The molecule has 0 aromatic heterocycles. The lowest BCUT2D eigenvalue weighted by Crippen LogP contribution is -2.52. The van der Waals surface area contributed by atoms with Crippen LogP contribution in [0.5, 0.6) is 0 Å². The van der Waals surface area contributed by atoms with Crippen LogP contribution in [0.15, 0.2) is 0 Å². The monoisotopic (exact) mass is 289 g/mol. The van der Waals surface area contributed by atoms with Crippen molar-refractivity contribution >= 4 is 5.97 Å². The predicted molar refractivity (Wildman–Crippen MR) is 79.8 cm³/mol. The highest BCUT2D eigenvalue weighted by Gasteiger charge is 2.35. The summed E-state index contributed by atoms with van der Waals surface area (Å²) in [6, 6.07) is 0. The Bertz CT molecular complexity index is 288. The maximum absolute atomic E-state index is 11.9. The van der Waals surface area contributed by atoms with E-state index in [4.69, 9.17) is 14.2 Å². The fraction of sp³-hybridized carbons (Fsp3) is 0.933. The first-order valence-corrected chi connectivity index (χ1v) is 7.23. The van der Waals surface area contributed by atoms with Gasteiger partial charge in [0.05, 0.1) is 32.0 Å². The Morgan fingerprint density at radius 2 is 1.80 bits per heavy atom. The van der Waals surface area contributed by atoms with Gasteiger partial charge in [0.25, 0.3) is 0 Å². The molecule has 5 nitrogen and oxygen atoms in total. The zero-order valence-corrected chi connectivity index (χ0v) is 14.0. The summed E-state index contributed by atoms with van der Waals surface area (Å²) in [4.78, 5) is 11.9. The summed E-state index contributed by atoms with van der Waals surface area (Å²) in [5, 5.41) is 3.17. The first-order chi connectivity index (χ1) is 9.14. The number of methoxy groups -OCH3 is 1. The molecule has 0 heterocycles. The van der Waals surface area contributed by atoms with Crippen LogP contribution in [0.2, 0.25) is 0 Å². The third-order valence-electron chi connectivity index (χ3n) is 2.92. The Balaban J connectivity index is 4.20. The zero-order chi connectivity index (χ0) is 15.8. The van der Waals surface area contributed by atoms with Gasteiger partial charge in [-0.15, -0.1) is 0 Å². The molecule has 0 rings (SSSR count). The number of rotatable bonds is 9. The Morgan fingerprint density at radius 3 is 2.25 bits per heavy atom. The second kappa shape index (κ2) is 8.60. The van der Waals surface area contributed by atoms with E-state index < -0.39 is 5.54 Å². The third-order valence-corrected chi connectivity index (χ3v) is 2.92. The van der Waals surface area contributed by atoms with Gasteiger partial charge in [-0.3, -0.25) is 4.79 Å². The van der Waals surface area contributed by atoms with E-state index in [1.54, 1.807) is 0 Å². The van der Waals surface area contributed by atoms with Crippen LogP contribution in [0.4, 0.5) is 0 Å². The van der Waals surface area contributed by atoms with Crippen LogP contribution in [-0.4, -0.2) is 50.1 Å². The lowest BCUT2D eigenvalue weighted by molar-refractivity contribution is -0.149. The number of nitrogens with one attached hydrogen (secondary N) is 1. The molecule has 0 aliphatic heterocycles. The van der Waals surface area contributed by atoms with Crippen molar-refractivity contribution in [1.29, 1.82) is 0 Å². The van der Waals surface area contributed by atoms with Gasteiger partial charge in [-0.05, 0) is 41.2 Å². The molecule has 0 saturated carbocycles. The molecule has 1 N–H and O–H groups in total. The van der Waals surface area contributed by atoms with Crippen molar-refractivity contribution in [2.24, 2.45) is 0 Å². The third kappa shape index (κ3) is 7.82. The average molecular weight is 289 g/mol. The minimum absolute atomic E-state index is 0.0540. The van der Waals surface area contributed by atoms with E-state index in [1.807, 2.05) is 41.5 Å². The van der Waals surface area contributed by atoms with E-state index >= 15 is 0 Å². The molecule has 0 bridgehead atoms. The molecule has 0 radical (unpaired) electrons. The van der Waals surface area contributed by atoms with Crippen LogP contribution in [0.1, 0.15) is 48.0 Å². The second-order valence-electron chi connectivity index (χ2n) is 6.20. The van der Waals surface area contributed by atoms with Crippen molar-refractivity contribution in [3.63, 3.8) is 0 Å². The summed E-state index contributed by atoms with van der Waals surface area (Å²) in [5.74, 6) is -0.263. The summed E-state index contributed by atoms with van der Waals surface area (Å²) in [6.45, 7) is 13.5. The molecular formula is C15H31NO4. The lowest BCUT2D eigenvalue weighted by Gasteiger charge is -2.30. The first-order valence-electron chi connectivity index (χ1n) is 7.23. The summed E-state index contributed by atoms with van der Waals surface area (Å²) >= 11 is 0. The van der Waals surface area contributed by atoms with Crippen molar-refractivity contribution in [2.75, 3.05) is 26.9 Å². The molecule has 120 valence electrons. The smallest absolute Gasteiger partial charge is 0.325 e. The van der Waals surface area contributed by atoms with E-state index in [-0.39, 0.29) is 17.7 Å². The van der Waals surface area contributed by atoms with Crippen molar-refractivity contribution in [3.05, 3.63) is 0 Å². The molecule has 0 aliphatic carbocycles. The number of carbonyl (C=O) groups is 1. The Morgan fingerprint density at radius 1 is 1.20 bits per heavy atom. The van der Waals surface area contributed by atoms with Gasteiger partial charge in [-0.2, -0.15) is 0 Å². The van der Waals surface area contributed by atoms with Gasteiger partial charge >= 0.3 is 5.97 Å². The molecule has 20 heavy (non-hydrogen) atoms. The molecule has 0 aliphatic rings. The van der Waals surface area contributed by atoms with Crippen LogP contribution in [0.25, 0.3) is 0 Å². The lowest BCUT2D eigenvalue weighted by atomic mass is 9.94. The van der Waals surface area contributed by atoms with Crippen LogP contribution in [0, 0.1) is 0 Å². The Kier molecular flexibility index (Phi) is 8.32. The summed E-state index contributed by atoms with van der Waals surface area (Å²) in [5.41, 5.74) is -0.870. The molecule has 0 fully saturated rings. The van der Waals surface area contributed by atoms with E-state index in [2.05, 4.69) is 5.32 Å². The molecule has 5 heteroatoms. The van der Waals surface area contributed by atoms with Gasteiger partial charge in [-0.25, -0.2) is 0 Å². The quantitative estimate of drug-likeness (QED) is 0.520. The average Bonchev–Trinajstić information content (AvgIpc) is 2.32. The molecule has 0 saturated heterocycles. The number of hydrogen-bond acceptors (Lipinski definition) is 5. The van der Waals surface area contributed by atoms with Crippen molar-refractivity contribution in [1.82, 2.24) is 5.32 Å². The molecular weight excluding hydrogens is 258 g/mol. The normalized spacial score (nSPS) is 16.6. The van der Waals surface area contributed by atoms with Gasteiger partial charge < -0.3 is 19.5 Å². The SMILES string of the molecule is CCNC(C)(CC(C)OCCOC(C)(C)C)C(=O)OC. The topological polar surface area (TPSA) is 56.8 Å². The molecule has 0 aromatic carbocycles. The number of hydrogen-bond donors (Lipinski definition) is 1. The van der Waals surface area contributed by atoms with E-state index in [1.165, 1.54) is 7.11 Å². The van der Waals surface area contributed by atoms with Crippen molar-refractivity contribution < 1.29 is 19.0 Å². The van der Waals surface area contributed by atoms with Crippen molar-refractivity contribution in [3.8, 4) is 0 Å². The minimum atomic E-state index is -0.714. The van der Waals surface area contributed by atoms with Gasteiger partial charge in [0.1, 0.15) is 5.54 Å². The number of carbonyl (C=O) groups excluding carboxylic acids is 1. The Labute approximate surface area is 123 Å². The highest BCUT2D eigenvalue weighted by atomic mass is 16.5. The van der Waals surface area contributed by atoms with Crippen LogP contribution in [-0.2, 0) is 19.0 Å². The highest BCUT2D eigenvalue weighted by molar-refractivity contribution is 5.80. The van der Waals surface area contributed by atoms with Crippen LogP contribution < -0.4 is 5.32 Å². The summed E-state index contributed by atoms with van der Waals surface area (Å²) < 4.78 is 16.2. The maximum Gasteiger partial charge on any atom is 0.325 e. The van der Waals surface area contributed by atoms with Gasteiger partial charge in [0, 0.05) is 6.42 Å². The first kappa shape index (κ1) is 19.4. The summed E-state index contributed by atoms with van der Waals surface area (Å²) in [7, 11) is 1.40. The standard InChI is InChI=1S/C15H31NO4/c1-8-16-15(6,13(17)18-7)11-12(2)19-9-10-20-14(3,4)5/h12,16H,8-11H2,1-7H3. The highest BCUT2D eigenvalue weighted by Crippen LogP contribution is 2.16. The molecule has 2 unspecified atom stereocenters. The fourth-order valence-corrected chi connectivity index (χ4v) is 2.07. The zero-order valence-electron chi connectivity index (χ0n) is 14.0. The molecule has 2 atom stereocenters. The maximum atomic E-state index is 11.9. The second-order valence-corrected chi connectivity index (χ2v) is 6.20. The predicted octanol–water partition coefficient (Wildman–Crippen LogP) is 2.14. The van der Waals surface area contributed by atoms with E-state index in [0.717, 1.165) is 0 Å². The van der Waals surface area contributed by atoms with Gasteiger partial charge in [0.15, 0.2) is 0 Å². The minimum Gasteiger partial charge on any atom is -0.468 e. The number of esters is 1. The van der Waals surface area contributed by atoms with Gasteiger partial charge in [0.2, 0.25) is 0 Å². The molecule has 0 amide bonds. The number of likely N-dealkylation sites (N-methyl/N-ethyl adjacent to an activating group) is 1. The Hall–Kier alpha value is -0.650. The number of ether oxygens (including phenoxy) is 3. The molecule has 0 aromatic rings. The van der Waals surface area contributed by atoms with Gasteiger partial charge in [-0.1, -0.05) is 6.92 Å². The van der Waals surface area contributed by atoms with Crippen LogP contribution >= 0.6 is 0 Å². The van der Waals surface area contributed by atoms with E-state index in [9.17, 15) is 4.79 Å².